The molecule has 0 radical (unpaired) electrons. The first-order valence-electron chi connectivity index (χ1n) is 9.35. The molecule has 3 aromatic rings. The minimum absolute atomic E-state index is 0.0810. The van der Waals surface area contributed by atoms with Crippen LogP contribution in [0.15, 0.2) is 29.1 Å². The molecule has 0 bridgehead atoms. The molecule has 27 heavy (non-hydrogen) atoms. The third kappa shape index (κ3) is 3.95. The Hall–Kier alpha value is -2.47. The second kappa shape index (κ2) is 7.64. The number of H-pyrrole nitrogens is 1. The van der Waals surface area contributed by atoms with Crippen LogP contribution in [0, 0.1) is 6.92 Å². The summed E-state index contributed by atoms with van der Waals surface area (Å²) in [5.41, 5.74) is 3.21. The smallest absolute Gasteiger partial charge is 0.306 e. The first kappa shape index (κ1) is 17.9. The van der Waals surface area contributed by atoms with Gasteiger partial charge in [-0.05, 0) is 43.7 Å². The Kier molecular flexibility index (Phi) is 5.07. The lowest BCUT2D eigenvalue weighted by atomic mass is 9.97. The molecule has 2 aromatic heterocycles. The van der Waals surface area contributed by atoms with Crippen molar-refractivity contribution in [2.45, 2.75) is 52.1 Å². The van der Waals surface area contributed by atoms with E-state index in [0.29, 0.717) is 12.2 Å². The average Bonchev–Trinajstić information content (AvgIpc) is 3.03. The van der Waals surface area contributed by atoms with Crippen molar-refractivity contribution in [2.24, 2.45) is 0 Å². The molecule has 2 heterocycles. The van der Waals surface area contributed by atoms with Gasteiger partial charge in [0.15, 0.2) is 0 Å². The Morgan fingerprint density at radius 1 is 1.30 bits per heavy atom. The molecule has 0 spiro atoms. The molecule has 0 atom stereocenters. The molecule has 5 nitrogen and oxygen atoms in total. The van der Waals surface area contributed by atoms with Crippen LogP contribution >= 0.6 is 11.3 Å². The van der Waals surface area contributed by atoms with E-state index in [-0.39, 0.29) is 24.6 Å². The third-order valence-corrected chi connectivity index (χ3v) is 6.11. The average molecular weight is 382 g/mol. The number of rotatable bonds is 5. The van der Waals surface area contributed by atoms with Crippen molar-refractivity contribution >= 4 is 27.5 Å². The van der Waals surface area contributed by atoms with Crippen LogP contribution in [-0.4, -0.2) is 15.9 Å². The molecular formula is C21H22N2O3S. The van der Waals surface area contributed by atoms with Crippen molar-refractivity contribution in [1.82, 2.24) is 9.97 Å². The fraction of sp³-hybridized carbons (Fsp3) is 0.381. The molecule has 0 unspecified atom stereocenters. The number of thiophene rings is 1. The lowest BCUT2D eigenvalue weighted by Gasteiger charge is -2.09. The number of nitrogens with one attached hydrogen (secondary N) is 1. The lowest BCUT2D eigenvalue weighted by molar-refractivity contribution is -0.144. The van der Waals surface area contributed by atoms with E-state index in [1.54, 1.807) is 11.3 Å². The van der Waals surface area contributed by atoms with Gasteiger partial charge < -0.3 is 9.72 Å². The second-order valence-electron chi connectivity index (χ2n) is 7.05. The Bertz CT molecular complexity index is 1050. The van der Waals surface area contributed by atoms with Gasteiger partial charge >= 0.3 is 5.97 Å². The summed E-state index contributed by atoms with van der Waals surface area (Å²) in [6, 6.07) is 7.89. The zero-order valence-corrected chi connectivity index (χ0v) is 16.2. The molecule has 1 aromatic carbocycles. The highest BCUT2D eigenvalue weighted by atomic mass is 32.1. The highest BCUT2D eigenvalue weighted by Gasteiger charge is 2.20. The van der Waals surface area contributed by atoms with Crippen molar-refractivity contribution < 1.29 is 9.53 Å². The predicted octanol–water partition coefficient (Wildman–Crippen LogP) is 3.85. The van der Waals surface area contributed by atoms with Gasteiger partial charge in [-0.15, -0.1) is 11.3 Å². The topological polar surface area (TPSA) is 72.0 Å². The van der Waals surface area contributed by atoms with Crippen LogP contribution in [0.3, 0.4) is 0 Å². The van der Waals surface area contributed by atoms with Gasteiger partial charge in [0.2, 0.25) is 0 Å². The van der Waals surface area contributed by atoms with Crippen molar-refractivity contribution in [2.75, 3.05) is 0 Å². The summed E-state index contributed by atoms with van der Waals surface area (Å²) >= 11 is 1.62. The first-order valence-corrected chi connectivity index (χ1v) is 10.2. The highest BCUT2D eigenvalue weighted by Crippen LogP contribution is 2.33. The minimum atomic E-state index is -0.287. The minimum Gasteiger partial charge on any atom is -0.461 e. The molecule has 0 saturated heterocycles. The number of hydrogen-bond donors (Lipinski definition) is 1. The van der Waals surface area contributed by atoms with Gasteiger partial charge in [-0.3, -0.25) is 9.59 Å². The Morgan fingerprint density at radius 3 is 3.00 bits per heavy atom. The molecule has 1 N–H and O–H groups in total. The number of aromatic nitrogens is 2. The Balaban J connectivity index is 1.41. The molecular weight excluding hydrogens is 360 g/mol. The number of esters is 1. The van der Waals surface area contributed by atoms with Gasteiger partial charge in [-0.2, -0.15) is 0 Å². The van der Waals surface area contributed by atoms with Gasteiger partial charge in [-0.1, -0.05) is 29.8 Å². The van der Waals surface area contributed by atoms with Crippen LogP contribution in [-0.2, 0) is 35.4 Å². The normalized spacial score (nSPS) is 13.5. The number of benzene rings is 1. The SMILES string of the molecule is Cc1cccc(COC(=O)CCc2nc3sc4c(c3c(=O)[nH]2)CCCC4)c1. The van der Waals surface area contributed by atoms with Gasteiger partial charge in [-0.25, -0.2) is 4.98 Å². The summed E-state index contributed by atoms with van der Waals surface area (Å²) in [4.78, 5) is 34.1. The largest absolute Gasteiger partial charge is 0.461 e. The number of aryl methyl sites for hydroxylation is 4. The molecule has 0 amide bonds. The summed E-state index contributed by atoms with van der Waals surface area (Å²) in [5.74, 6) is 0.267. The van der Waals surface area contributed by atoms with Gasteiger partial charge in [0.1, 0.15) is 17.3 Å². The van der Waals surface area contributed by atoms with E-state index in [2.05, 4.69) is 9.97 Å². The Labute approximate surface area is 161 Å². The molecule has 1 aliphatic rings. The summed E-state index contributed by atoms with van der Waals surface area (Å²) in [5, 5.41) is 0.750. The zero-order chi connectivity index (χ0) is 18.8. The van der Waals surface area contributed by atoms with Crippen molar-refractivity contribution in [3.8, 4) is 0 Å². The second-order valence-corrected chi connectivity index (χ2v) is 8.14. The van der Waals surface area contributed by atoms with E-state index >= 15 is 0 Å². The fourth-order valence-corrected chi connectivity index (χ4v) is 4.87. The molecule has 6 heteroatoms. The number of fused-ring (bicyclic) bond motifs is 3. The number of nitrogens with zero attached hydrogens (tertiary/aromatic N) is 1. The maximum atomic E-state index is 12.5. The van der Waals surface area contributed by atoms with Crippen LogP contribution in [0.4, 0.5) is 0 Å². The van der Waals surface area contributed by atoms with Crippen LogP contribution in [0.2, 0.25) is 0 Å². The monoisotopic (exact) mass is 382 g/mol. The molecule has 140 valence electrons. The van der Waals surface area contributed by atoms with Crippen molar-refractivity contribution in [3.05, 3.63) is 62.0 Å². The number of aromatic amines is 1. The van der Waals surface area contributed by atoms with Gasteiger partial charge in [0.05, 0.1) is 11.8 Å². The number of carbonyl (C=O) groups excluding carboxylic acids is 1. The molecule has 0 aliphatic heterocycles. The maximum Gasteiger partial charge on any atom is 0.306 e. The van der Waals surface area contributed by atoms with Crippen LogP contribution in [0.5, 0.6) is 0 Å². The van der Waals surface area contributed by atoms with Gasteiger partial charge in [0.25, 0.3) is 5.56 Å². The lowest BCUT2D eigenvalue weighted by Crippen LogP contribution is -2.14. The van der Waals surface area contributed by atoms with Crippen molar-refractivity contribution in [1.29, 1.82) is 0 Å². The summed E-state index contributed by atoms with van der Waals surface area (Å²) in [6.45, 7) is 2.27. The quantitative estimate of drug-likeness (QED) is 0.681. The fourth-order valence-electron chi connectivity index (χ4n) is 3.59. The van der Waals surface area contributed by atoms with E-state index in [4.69, 9.17) is 4.74 Å². The maximum absolute atomic E-state index is 12.5. The summed E-state index contributed by atoms with van der Waals surface area (Å²) < 4.78 is 5.33. The van der Waals surface area contributed by atoms with E-state index in [0.717, 1.165) is 40.6 Å². The van der Waals surface area contributed by atoms with Crippen LogP contribution in [0.1, 0.15) is 46.7 Å². The molecule has 0 fully saturated rings. The standard InChI is InChI=1S/C21H22N2O3S/c1-13-5-4-6-14(11-13)12-26-18(24)10-9-17-22-20(25)19-15-7-2-3-8-16(15)27-21(19)23-17/h4-6,11H,2-3,7-10,12H2,1H3,(H,22,23,25). The van der Waals surface area contributed by atoms with E-state index in [1.165, 1.54) is 16.9 Å². The number of ether oxygens (including phenoxy) is 1. The molecule has 1 aliphatic carbocycles. The number of carbonyl (C=O) groups is 1. The number of hydrogen-bond acceptors (Lipinski definition) is 5. The van der Waals surface area contributed by atoms with Gasteiger partial charge in [0, 0.05) is 11.3 Å². The van der Waals surface area contributed by atoms with E-state index in [9.17, 15) is 9.59 Å². The highest BCUT2D eigenvalue weighted by molar-refractivity contribution is 7.18. The van der Waals surface area contributed by atoms with E-state index in [1.807, 2.05) is 31.2 Å². The van der Waals surface area contributed by atoms with Crippen LogP contribution in [0.25, 0.3) is 10.2 Å². The first-order chi connectivity index (χ1) is 13.1. The van der Waals surface area contributed by atoms with E-state index < -0.39 is 0 Å². The third-order valence-electron chi connectivity index (χ3n) is 4.92. The zero-order valence-electron chi connectivity index (χ0n) is 15.3. The summed E-state index contributed by atoms with van der Waals surface area (Å²) in [7, 11) is 0. The Morgan fingerprint density at radius 2 is 2.15 bits per heavy atom. The molecule has 0 saturated carbocycles. The van der Waals surface area contributed by atoms with Crippen LogP contribution < -0.4 is 5.56 Å². The van der Waals surface area contributed by atoms with Crippen molar-refractivity contribution in [3.63, 3.8) is 0 Å². The molecule has 4 rings (SSSR count). The predicted molar refractivity (Wildman–Crippen MR) is 106 cm³/mol. The summed E-state index contributed by atoms with van der Waals surface area (Å²) in [6.07, 6.45) is 4.89.